The van der Waals surface area contributed by atoms with Crippen molar-refractivity contribution in [2.45, 2.75) is 55.9 Å². The zero-order valence-electron chi connectivity index (χ0n) is 13.3. The van der Waals surface area contributed by atoms with E-state index in [1.807, 2.05) is 30.3 Å². The van der Waals surface area contributed by atoms with Gasteiger partial charge in [-0.2, -0.15) is 0 Å². The molecule has 4 atom stereocenters. The number of benzene rings is 1. The standard InChI is InChI=1S/C18H27NO3/c1-19-14-7-8-15(19)10-16(9-14)22-12-18(21)17(11-20)13-5-3-2-4-6-13/h2-6,14-18,20-21H,7-12H2,1H3/t14?,15?,16?,17-,18?/m1/s1. The molecule has 0 aliphatic carbocycles. The highest BCUT2D eigenvalue weighted by Crippen LogP contribution is 2.35. The summed E-state index contributed by atoms with van der Waals surface area (Å²) in [5.74, 6) is -0.274. The highest BCUT2D eigenvalue weighted by atomic mass is 16.5. The van der Waals surface area contributed by atoms with Crippen molar-refractivity contribution in [3.05, 3.63) is 35.9 Å². The van der Waals surface area contributed by atoms with Gasteiger partial charge in [-0.1, -0.05) is 30.3 Å². The molecule has 3 rings (SSSR count). The van der Waals surface area contributed by atoms with Crippen molar-refractivity contribution in [1.82, 2.24) is 4.90 Å². The van der Waals surface area contributed by atoms with Crippen molar-refractivity contribution in [2.75, 3.05) is 20.3 Å². The van der Waals surface area contributed by atoms with Crippen LogP contribution < -0.4 is 0 Å². The van der Waals surface area contributed by atoms with Gasteiger partial charge in [0, 0.05) is 18.0 Å². The van der Waals surface area contributed by atoms with Crippen LogP contribution in [0.3, 0.4) is 0 Å². The van der Waals surface area contributed by atoms with E-state index in [2.05, 4.69) is 11.9 Å². The summed E-state index contributed by atoms with van der Waals surface area (Å²) >= 11 is 0. The molecule has 1 aromatic carbocycles. The van der Waals surface area contributed by atoms with E-state index in [9.17, 15) is 10.2 Å². The van der Waals surface area contributed by atoms with E-state index >= 15 is 0 Å². The van der Waals surface area contributed by atoms with Crippen molar-refractivity contribution < 1.29 is 14.9 Å². The zero-order chi connectivity index (χ0) is 15.5. The van der Waals surface area contributed by atoms with E-state index in [4.69, 9.17) is 4.74 Å². The van der Waals surface area contributed by atoms with E-state index in [0.717, 1.165) is 18.4 Å². The Hall–Kier alpha value is -0.940. The molecule has 0 radical (unpaired) electrons. The first-order chi connectivity index (χ1) is 10.7. The Balaban J connectivity index is 1.52. The molecule has 1 aromatic rings. The third-order valence-corrected chi connectivity index (χ3v) is 5.45. The molecule has 0 amide bonds. The summed E-state index contributed by atoms with van der Waals surface area (Å²) in [7, 11) is 2.21. The summed E-state index contributed by atoms with van der Waals surface area (Å²) in [5, 5.41) is 20.0. The number of ether oxygens (including phenoxy) is 1. The van der Waals surface area contributed by atoms with E-state index in [0.29, 0.717) is 18.7 Å². The fourth-order valence-corrected chi connectivity index (χ4v) is 4.00. The summed E-state index contributed by atoms with van der Waals surface area (Å²) in [5.41, 5.74) is 0.963. The number of fused-ring (bicyclic) bond motifs is 2. The van der Waals surface area contributed by atoms with Crippen molar-refractivity contribution in [3.8, 4) is 0 Å². The monoisotopic (exact) mass is 305 g/mol. The van der Waals surface area contributed by atoms with Crippen molar-refractivity contribution >= 4 is 0 Å². The lowest BCUT2D eigenvalue weighted by Crippen LogP contribution is -2.43. The van der Waals surface area contributed by atoms with Crippen LogP contribution in [0.2, 0.25) is 0 Å². The average Bonchev–Trinajstić information content (AvgIpc) is 2.76. The van der Waals surface area contributed by atoms with Crippen LogP contribution >= 0.6 is 0 Å². The first kappa shape index (κ1) is 15.9. The summed E-state index contributed by atoms with van der Waals surface area (Å²) in [6, 6.07) is 11.0. The van der Waals surface area contributed by atoms with Crippen LogP contribution in [0.15, 0.2) is 30.3 Å². The smallest absolute Gasteiger partial charge is 0.0864 e. The Morgan fingerprint density at radius 2 is 1.82 bits per heavy atom. The minimum absolute atomic E-state index is 0.0623. The highest BCUT2D eigenvalue weighted by Gasteiger charge is 2.39. The average molecular weight is 305 g/mol. The summed E-state index contributed by atoms with van der Waals surface area (Å²) in [6.07, 6.45) is 4.26. The molecule has 4 nitrogen and oxygen atoms in total. The van der Waals surface area contributed by atoms with E-state index in [1.54, 1.807) is 0 Å². The van der Waals surface area contributed by atoms with Gasteiger partial charge in [0.25, 0.3) is 0 Å². The van der Waals surface area contributed by atoms with E-state index in [-0.39, 0.29) is 18.6 Å². The van der Waals surface area contributed by atoms with Crippen LogP contribution in [-0.4, -0.2) is 59.7 Å². The van der Waals surface area contributed by atoms with Gasteiger partial charge in [0.05, 0.1) is 25.4 Å². The fraction of sp³-hybridized carbons (Fsp3) is 0.667. The second-order valence-corrected chi connectivity index (χ2v) is 6.74. The maximum atomic E-state index is 10.4. The van der Waals surface area contributed by atoms with Crippen molar-refractivity contribution in [3.63, 3.8) is 0 Å². The molecule has 2 heterocycles. The Morgan fingerprint density at radius 3 is 2.41 bits per heavy atom. The lowest BCUT2D eigenvalue weighted by molar-refractivity contribution is -0.0570. The molecular formula is C18H27NO3. The second kappa shape index (κ2) is 7.09. The van der Waals surface area contributed by atoms with Gasteiger partial charge in [0.15, 0.2) is 0 Å². The molecular weight excluding hydrogens is 278 g/mol. The first-order valence-electron chi connectivity index (χ1n) is 8.36. The minimum atomic E-state index is -0.662. The SMILES string of the molecule is CN1C2CCC1CC(OCC(O)[C@H](CO)c1ccccc1)C2. The maximum Gasteiger partial charge on any atom is 0.0864 e. The highest BCUT2D eigenvalue weighted by molar-refractivity contribution is 5.20. The number of aliphatic hydroxyl groups is 2. The van der Waals surface area contributed by atoms with Gasteiger partial charge in [-0.15, -0.1) is 0 Å². The van der Waals surface area contributed by atoms with Crippen molar-refractivity contribution in [2.24, 2.45) is 0 Å². The molecule has 4 heteroatoms. The molecule has 22 heavy (non-hydrogen) atoms. The van der Waals surface area contributed by atoms with Gasteiger partial charge in [0.1, 0.15) is 0 Å². The molecule has 122 valence electrons. The summed E-state index contributed by atoms with van der Waals surface area (Å²) in [4.78, 5) is 2.48. The van der Waals surface area contributed by atoms with Gasteiger partial charge < -0.3 is 19.8 Å². The van der Waals surface area contributed by atoms with Gasteiger partial charge in [-0.25, -0.2) is 0 Å². The summed E-state index contributed by atoms with van der Waals surface area (Å²) < 4.78 is 5.99. The van der Waals surface area contributed by atoms with E-state index in [1.165, 1.54) is 12.8 Å². The molecule has 0 aromatic heterocycles. The number of aliphatic hydroxyl groups excluding tert-OH is 2. The summed E-state index contributed by atoms with van der Waals surface area (Å²) in [6.45, 7) is 0.237. The first-order valence-corrected chi connectivity index (χ1v) is 8.36. The third-order valence-electron chi connectivity index (χ3n) is 5.45. The Kier molecular flexibility index (Phi) is 5.14. The Morgan fingerprint density at radius 1 is 1.18 bits per heavy atom. The fourth-order valence-electron chi connectivity index (χ4n) is 4.00. The molecule has 3 unspecified atom stereocenters. The predicted octanol–water partition coefficient (Wildman–Crippen LogP) is 1.77. The molecule has 2 N–H and O–H groups in total. The van der Waals surface area contributed by atoms with Gasteiger partial charge >= 0.3 is 0 Å². The topological polar surface area (TPSA) is 52.9 Å². The van der Waals surface area contributed by atoms with Crippen LogP contribution in [0, 0.1) is 0 Å². The molecule has 2 bridgehead atoms. The number of nitrogens with zero attached hydrogens (tertiary/aromatic N) is 1. The van der Waals surface area contributed by atoms with Crippen LogP contribution in [0.25, 0.3) is 0 Å². The molecule has 2 saturated heterocycles. The zero-order valence-corrected chi connectivity index (χ0v) is 13.3. The van der Waals surface area contributed by atoms with Crippen LogP contribution in [0.5, 0.6) is 0 Å². The molecule has 2 aliphatic rings. The van der Waals surface area contributed by atoms with Crippen molar-refractivity contribution in [1.29, 1.82) is 0 Å². The lowest BCUT2D eigenvalue weighted by atomic mass is 9.94. The number of rotatable bonds is 6. The third kappa shape index (κ3) is 3.35. The number of hydrogen-bond donors (Lipinski definition) is 2. The Bertz CT molecular complexity index is 453. The molecule has 0 saturated carbocycles. The minimum Gasteiger partial charge on any atom is -0.396 e. The molecule has 2 aliphatic heterocycles. The predicted molar refractivity (Wildman–Crippen MR) is 85.8 cm³/mol. The maximum absolute atomic E-state index is 10.4. The van der Waals surface area contributed by atoms with Gasteiger partial charge in [-0.3, -0.25) is 0 Å². The molecule has 2 fully saturated rings. The van der Waals surface area contributed by atoms with Crippen LogP contribution in [0.1, 0.15) is 37.2 Å². The lowest BCUT2D eigenvalue weighted by Gasteiger charge is -2.36. The number of hydrogen-bond acceptors (Lipinski definition) is 4. The Labute approximate surface area is 132 Å². The number of piperidine rings is 1. The van der Waals surface area contributed by atoms with Crippen LogP contribution in [0.4, 0.5) is 0 Å². The normalized spacial score (nSPS) is 31.1. The molecule has 0 spiro atoms. The largest absolute Gasteiger partial charge is 0.396 e. The van der Waals surface area contributed by atoms with Gasteiger partial charge in [-0.05, 0) is 38.3 Å². The van der Waals surface area contributed by atoms with E-state index < -0.39 is 6.10 Å². The quantitative estimate of drug-likeness (QED) is 0.841. The van der Waals surface area contributed by atoms with Gasteiger partial charge in [0.2, 0.25) is 0 Å². The van der Waals surface area contributed by atoms with Crippen LogP contribution in [-0.2, 0) is 4.74 Å². The second-order valence-electron chi connectivity index (χ2n) is 6.74.